The first kappa shape index (κ1) is 30.8. The van der Waals surface area contributed by atoms with Gasteiger partial charge in [-0.1, -0.05) is 41.9 Å². The zero-order valence-corrected chi connectivity index (χ0v) is 24.5. The van der Waals surface area contributed by atoms with Crippen molar-refractivity contribution in [1.82, 2.24) is 10.2 Å². The number of rotatable bonds is 13. The standard InChI is InChI=1S/C29H34ClN3O6S/c1-5-31-29(35)21(2)32(18-17-22-9-7-6-8-10-22)28(34)20-33(24-13-11-23(30)12-14-24)40(36,37)25-15-16-26(38-3)27(19-25)39-4/h6-16,19,21H,5,17-18,20H2,1-4H3,(H,31,35). The van der Waals surface area contributed by atoms with Crippen LogP contribution < -0.4 is 19.1 Å². The van der Waals surface area contributed by atoms with Gasteiger partial charge in [0.1, 0.15) is 12.6 Å². The van der Waals surface area contributed by atoms with Crippen LogP contribution in [0.4, 0.5) is 5.69 Å². The van der Waals surface area contributed by atoms with Gasteiger partial charge in [0.2, 0.25) is 11.8 Å². The summed E-state index contributed by atoms with van der Waals surface area (Å²) >= 11 is 6.06. The summed E-state index contributed by atoms with van der Waals surface area (Å²) in [5.74, 6) is -0.280. The minimum atomic E-state index is -4.27. The lowest BCUT2D eigenvalue weighted by Gasteiger charge is -2.32. The van der Waals surface area contributed by atoms with Crippen LogP contribution in [0.5, 0.6) is 11.5 Å². The summed E-state index contributed by atoms with van der Waals surface area (Å²) in [6.07, 6.45) is 0.486. The topological polar surface area (TPSA) is 105 Å². The normalized spacial score (nSPS) is 11.8. The predicted octanol–water partition coefficient (Wildman–Crippen LogP) is 4.15. The molecule has 0 spiro atoms. The lowest BCUT2D eigenvalue weighted by atomic mass is 10.1. The highest BCUT2D eigenvalue weighted by Gasteiger charge is 2.32. The van der Waals surface area contributed by atoms with Crippen LogP contribution in [-0.4, -0.2) is 65.0 Å². The van der Waals surface area contributed by atoms with Gasteiger partial charge in [-0.15, -0.1) is 0 Å². The van der Waals surface area contributed by atoms with Crippen LogP contribution in [0.15, 0.2) is 77.7 Å². The largest absolute Gasteiger partial charge is 0.493 e. The molecule has 40 heavy (non-hydrogen) atoms. The number of sulfonamides is 1. The van der Waals surface area contributed by atoms with Crippen molar-refractivity contribution in [2.75, 3.05) is 38.2 Å². The first-order valence-electron chi connectivity index (χ1n) is 12.7. The Morgan fingerprint density at radius 2 is 1.60 bits per heavy atom. The van der Waals surface area contributed by atoms with Crippen LogP contribution in [0.25, 0.3) is 0 Å². The highest BCUT2D eigenvalue weighted by Crippen LogP contribution is 2.32. The van der Waals surface area contributed by atoms with Gasteiger partial charge in [0, 0.05) is 24.2 Å². The quantitative estimate of drug-likeness (QED) is 0.322. The third-order valence-electron chi connectivity index (χ3n) is 6.34. The summed E-state index contributed by atoms with van der Waals surface area (Å²) in [4.78, 5) is 27.9. The number of methoxy groups -OCH3 is 2. The fraction of sp³-hybridized carbons (Fsp3) is 0.310. The van der Waals surface area contributed by atoms with Crippen molar-refractivity contribution >= 4 is 39.1 Å². The molecular formula is C29H34ClN3O6S. The number of hydrogen-bond acceptors (Lipinski definition) is 6. The average molecular weight is 588 g/mol. The fourth-order valence-electron chi connectivity index (χ4n) is 4.13. The molecule has 0 saturated heterocycles. The van der Waals surface area contributed by atoms with Crippen LogP contribution in [0.1, 0.15) is 19.4 Å². The monoisotopic (exact) mass is 587 g/mol. The van der Waals surface area contributed by atoms with Gasteiger partial charge in [-0.3, -0.25) is 13.9 Å². The Morgan fingerprint density at radius 1 is 0.950 bits per heavy atom. The first-order chi connectivity index (χ1) is 19.1. The van der Waals surface area contributed by atoms with Crippen LogP contribution in [0, 0.1) is 0 Å². The van der Waals surface area contributed by atoms with E-state index in [1.165, 1.54) is 49.5 Å². The van der Waals surface area contributed by atoms with Crippen LogP contribution >= 0.6 is 11.6 Å². The Morgan fingerprint density at radius 3 is 2.20 bits per heavy atom. The third-order valence-corrected chi connectivity index (χ3v) is 8.36. The molecule has 1 unspecified atom stereocenters. The number of anilines is 1. The highest BCUT2D eigenvalue weighted by atomic mass is 35.5. The maximum atomic E-state index is 14.0. The number of likely N-dealkylation sites (N-methyl/N-ethyl adjacent to an activating group) is 1. The molecule has 0 aliphatic carbocycles. The van der Waals surface area contributed by atoms with E-state index in [2.05, 4.69) is 5.32 Å². The molecule has 0 saturated carbocycles. The van der Waals surface area contributed by atoms with E-state index in [0.717, 1.165) is 9.87 Å². The number of nitrogens with zero attached hydrogens (tertiary/aromatic N) is 2. The molecule has 2 amide bonds. The van der Waals surface area contributed by atoms with Crippen molar-refractivity contribution in [3.8, 4) is 11.5 Å². The number of benzene rings is 3. The number of amides is 2. The van der Waals surface area contributed by atoms with Gasteiger partial charge in [-0.25, -0.2) is 8.42 Å². The summed E-state index contributed by atoms with van der Waals surface area (Å²) < 4.78 is 39.5. The summed E-state index contributed by atoms with van der Waals surface area (Å²) in [6.45, 7) is 3.49. The van der Waals surface area contributed by atoms with Gasteiger partial charge in [-0.05, 0) is 62.2 Å². The zero-order valence-electron chi connectivity index (χ0n) is 23.0. The summed E-state index contributed by atoms with van der Waals surface area (Å²) in [5.41, 5.74) is 1.22. The Balaban J connectivity index is 2.01. The van der Waals surface area contributed by atoms with Gasteiger partial charge in [0.15, 0.2) is 11.5 Å². The minimum absolute atomic E-state index is 0.0967. The Labute approximate surface area is 240 Å². The molecule has 0 aliphatic heterocycles. The molecule has 3 rings (SSSR count). The van der Waals surface area contributed by atoms with Crippen LogP contribution in [0.3, 0.4) is 0 Å². The van der Waals surface area contributed by atoms with E-state index in [4.69, 9.17) is 21.1 Å². The van der Waals surface area contributed by atoms with E-state index >= 15 is 0 Å². The van der Waals surface area contributed by atoms with E-state index in [-0.39, 0.29) is 28.8 Å². The smallest absolute Gasteiger partial charge is 0.264 e. The molecule has 3 aromatic rings. The molecule has 0 aliphatic rings. The minimum Gasteiger partial charge on any atom is -0.493 e. The van der Waals surface area contributed by atoms with Crippen LogP contribution in [-0.2, 0) is 26.0 Å². The number of carbonyl (C=O) groups excluding carboxylic acids is 2. The molecule has 11 heteroatoms. The van der Waals surface area contributed by atoms with Crippen molar-refractivity contribution in [2.45, 2.75) is 31.2 Å². The third kappa shape index (κ3) is 7.45. The number of hydrogen-bond donors (Lipinski definition) is 1. The lowest BCUT2D eigenvalue weighted by Crippen LogP contribution is -2.52. The van der Waals surface area contributed by atoms with Gasteiger partial charge in [-0.2, -0.15) is 0 Å². The molecule has 0 radical (unpaired) electrons. The Bertz CT molecular complexity index is 1400. The second-order valence-corrected chi connectivity index (χ2v) is 11.2. The van der Waals surface area contributed by atoms with E-state index in [1.807, 2.05) is 30.3 Å². The van der Waals surface area contributed by atoms with Gasteiger partial charge < -0.3 is 19.7 Å². The summed E-state index contributed by atoms with van der Waals surface area (Å²) in [5, 5.41) is 3.15. The van der Waals surface area contributed by atoms with Gasteiger partial charge >= 0.3 is 0 Å². The Hall–Kier alpha value is -3.76. The fourth-order valence-corrected chi connectivity index (χ4v) is 5.69. The lowest BCUT2D eigenvalue weighted by molar-refractivity contribution is -0.138. The molecule has 0 aromatic heterocycles. The number of ether oxygens (including phenoxy) is 2. The summed E-state index contributed by atoms with van der Waals surface area (Å²) in [6, 6.07) is 19.1. The molecule has 0 fully saturated rings. The summed E-state index contributed by atoms with van der Waals surface area (Å²) in [7, 11) is -1.42. The maximum Gasteiger partial charge on any atom is 0.264 e. The molecule has 1 N–H and O–H groups in total. The second-order valence-electron chi connectivity index (χ2n) is 8.90. The van der Waals surface area contributed by atoms with Crippen molar-refractivity contribution in [3.05, 3.63) is 83.4 Å². The van der Waals surface area contributed by atoms with E-state index < -0.39 is 28.5 Å². The first-order valence-corrected chi connectivity index (χ1v) is 14.6. The molecule has 214 valence electrons. The Kier molecular flexibility index (Phi) is 10.8. The van der Waals surface area contributed by atoms with Crippen molar-refractivity contribution in [3.63, 3.8) is 0 Å². The molecule has 0 heterocycles. The highest BCUT2D eigenvalue weighted by molar-refractivity contribution is 7.92. The van der Waals surface area contributed by atoms with Crippen molar-refractivity contribution < 1.29 is 27.5 Å². The van der Waals surface area contributed by atoms with Gasteiger partial charge in [0.05, 0.1) is 24.8 Å². The molecule has 1 atom stereocenters. The van der Waals surface area contributed by atoms with Crippen molar-refractivity contribution in [2.24, 2.45) is 0 Å². The molecular weight excluding hydrogens is 554 g/mol. The average Bonchev–Trinajstić information content (AvgIpc) is 2.96. The van der Waals surface area contributed by atoms with Gasteiger partial charge in [0.25, 0.3) is 10.0 Å². The number of halogens is 1. The van der Waals surface area contributed by atoms with Crippen LogP contribution in [0.2, 0.25) is 5.02 Å². The molecule has 0 bridgehead atoms. The predicted molar refractivity (Wildman–Crippen MR) is 156 cm³/mol. The number of nitrogens with one attached hydrogen (secondary N) is 1. The van der Waals surface area contributed by atoms with E-state index in [0.29, 0.717) is 23.7 Å². The number of carbonyl (C=O) groups is 2. The van der Waals surface area contributed by atoms with Crippen molar-refractivity contribution in [1.29, 1.82) is 0 Å². The molecule has 3 aromatic carbocycles. The molecule has 9 nitrogen and oxygen atoms in total. The van der Waals surface area contributed by atoms with E-state index in [1.54, 1.807) is 26.0 Å². The maximum absolute atomic E-state index is 14.0. The van der Waals surface area contributed by atoms with E-state index in [9.17, 15) is 18.0 Å². The zero-order chi connectivity index (χ0) is 29.3. The SMILES string of the molecule is CCNC(=O)C(C)N(CCc1ccccc1)C(=O)CN(c1ccc(Cl)cc1)S(=O)(=O)c1ccc(OC)c(OC)c1. The second kappa shape index (κ2) is 14.0.